The summed E-state index contributed by atoms with van der Waals surface area (Å²) in [5.74, 6) is 2.63. The van der Waals surface area contributed by atoms with Gasteiger partial charge >= 0.3 is 6.09 Å². The zero-order valence-electron chi connectivity index (χ0n) is 30.3. The van der Waals surface area contributed by atoms with Gasteiger partial charge in [-0.2, -0.15) is 0 Å². The van der Waals surface area contributed by atoms with E-state index in [1.54, 1.807) is 18.9 Å². The number of amides is 1. The van der Waals surface area contributed by atoms with Crippen molar-refractivity contribution in [1.29, 1.82) is 0 Å². The number of ether oxygens (including phenoxy) is 6. The lowest BCUT2D eigenvalue weighted by Crippen LogP contribution is -2.48. The molecule has 0 aromatic heterocycles. The number of carbonyl (C=O) groups excluding carboxylic acids is 2. The Morgan fingerprint density at radius 3 is 2.30 bits per heavy atom. The molecule has 1 fully saturated rings. The number of methoxy groups -OCH3 is 1. The summed E-state index contributed by atoms with van der Waals surface area (Å²) in [5, 5.41) is 3.16. The molecule has 2 atom stereocenters. The van der Waals surface area contributed by atoms with Crippen molar-refractivity contribution in [3.8, 4) is 17.2 Å². The minimum atomic E-state index is -0.579. The summed E-state index contributed by atoms with van der Waals surface area (Å²) in [6.45, 7) is 11.6. The highest BCUT2D eigenvalue weighted by atomic mass is 16.6. The SMILES string of the molecule is COc1ccccc1COCCCOc1ccc(C2CCN(C(=O)OC(C)(C)C)CC2OCCOc2ccccc2CCNCC(C)=O)cc1. The van der Waals surface area contributed by atoms with E-state index >= 15 is 0 Å². The summed E-state index contributed by atoms with van der Waals surface area (Å²) in [5.41, 5.74) is 2.65. The van der Waals surface area contributed by atoms with Gasteiger partial charge in [-0.15, -0.1) is 0 Å². The van der Waals surface area contributed by atoms with Gasteiger partial charge in [0, 0.05) is 24.4 Å². The Balaban J connectivity index is 1.29. The van der Waals surface area contributed by atoms with Gasteiger partial charge in [0.15, 0.2) is 0 Å². The number of ketones is 1. The lowest BCUT2D eigenvalue weighted by molar-refractivity contribution is -0.116. The Kier molecular flexibility index (Phi) is 15.4. The van der Waals surface area contributed by atoms with Gasteiger partial charge < -0.3 is 38.6 Å². The summed E-state index contributed by atoms with van der Waals surface area (Å²) in [7, 11) is 1.66. The second-order valence-corrected chi connectivity index (χ2v) is 13.5. The first kappa shape index (κ1) is 38.7. The molecule has 0 bridgehead atoms. The molecule has 1 aliphatic heterocycles. The maximum Gasteiger partial charge on any atom is 0.410 e. The Labute approximate surface area is 297 Å². The van der Waals surface area contributed by atoms with Crippen molar-refractivity contribution < 1.29 is 38.0 Å². The smallest absolute Gasteiger partial charge is 0.410 e. The van der Waals surface area contributed by atoms with Crippen LogP contribution in [-0.2, 0) is 32.0 Å². The van der Waals surface area contributed by atoms with Crippen molar-refractivity contribution in [3.05, 3.63) is 89.5 Å². The van der Waals surface area contributed by atoms with Crippen molar-refractivity contribution >= 4 is 11.9 Å². The highest BCUT2D eigenvalue weighted by molar-refractivity contribution is 5.77. The van der Waals surface area contributed by atoms with Gasteiger partial charge in [0.2, 0.25) is 0 Å². The quantitative estimate of drug-likeness (QED) is 0.140. The standard InChI is InChI=1S/C40H54N2O8/c1-30(43)27-41-21-19-32-11-6-9-14-37(32)48-25-26-49-38-28-42(39(44)50-40(2,3)4)22-20-35(38)31-15-17-34(18-16-31)47-24-10-23-46-29-33-12-7-8-13-36(33)45-5/h6-9,11-18,35,38,41H,10,19-29H2,1-5H3. The van der Waals surface area contributed by atoms with E-state index in [2.05, 4.69) is 17.4 Å². The van der Waals surface area contributed by atoms with Gasteiger partial charge in [-0.25, -0.2) is 4.79 Å². The number of nitrogens with zero attached hydrogens (tertiary/aromatic N) is 1. The third-order valence-electron chi connectivity index (χ3n) is 8.26. The van der Waals surface area contributed by atoms with Crippen molar-refractivity contribution in [2.45, 2.75) is 71.2 Å². The highest BCUT2D eigenvalue weighted by Gasteiger charge is 2.35. The van der Waals surface area contributed by atoms with Gasteiger partial charge in [-0.3, -0.25) is 4.79 Å². The molecule has 10 nitrogen and oxygen atoms in total. The predicted octanol–water partition coefficient (Wildman–Crippen LogP) is 6.59. The number of likely N-dealkylation sites (tertiary alicyclic amines) is 1. The minimum absolute atomic E-state index is 0.0887. The van der Waals surface area contributed by atoms with Crippen molar-refractivity contribution in [3.63, 3.8) is 0 Å². The first-order valence-electron chi connectivity index (χ1n) is 17.6. The van der Waals surface area contributed by atoms with Gasteiger partial charge in [-0.1, -0.05) is 48.5 Å². The fraction of sp³-hybridized carbons (Fsp3) is 0.500. The second-order valence-electron chi connectivity index (χ2n) is 13.5. The molecule has 0 radical (unpaired) electrons. The first-order valence-corrected chi connectivity index (χ1v) is 17.6. The largest absolute Gasteiger partial charge is 0.496 e. The van der Waals surface area contributed by atoms with Crippen LogP contribution >= 0.6 is 0 Å². The van der Waals surface area contributed by atoms with Crippen LogP contribution in [0.15, 0.2) is 72.8 Å². The average Bonchev–Trinajstić information content (AvgIpc) is 3.10. The summed E-state index contributed by atoms with van der Waals surface area (Å²) in [6.07, 6.45) is 1.68. The Bertz CT molecular complexity index is 1470. The molecule has 3 aromatic rings. The van der Waals surface area contributed by atoms with E-state index in [1.165, 1.54) is 0 Å². The number of piperidine rings is 1. The number of benzene rings is 3. The third kappa shape index (κ3) is 13.0. The number of Topliss-reactive ketones (excluding diaryl/α,β-unsaturated/α-hetero) is 1. The zero-order chi connectivity index (χ0) is 35.8. The summed E-state index contributed by atoms with van der Waals surface area (Å²) < 4.78 is 35.5. The molecule has 1 N–H and O–H groups in total. The van der Waals surface area contributed by atoms with Crippen LogP contribution in [0.1, 0.15) is 63.1 Å². The molecule has 4 rings (SSSR count). The summed E-state index contributed by atoms with van der Waals surface area (Å²) >= 11 is 0. The molecule has 1 saturated heterocycles. The molecule has 1 aliphatic rings. The summed E-state index contributed by atoms with van der Waals surface area (Å²) in [6, 6.07) is 23.9. The fourth-order valence-electron chi connectivity index (χ4n) is 5.82. The normalized spacial score (nSPS) is 16.1. The molecular formula is C40H54N2O8. The van der Waals surface area contributed by atoms with Crippen LogP contribution in [0.4, 0.5) is 4.79 Å². The molecule has 0 saturated carbocycles. The maximum atomic E-state index is 13.0. The van der Waals surface area contributed by atoms with Crippen LogP contribution in [0.25, 0.3) is 0 Å². The van der Waals surface area contributed by atoms with E-state index in [-0.39, 0.29) is 23.9 Å². The maximum absolute atomic E-state index is 13.0. The van der Waals surface area contributed by atoms with Crippen molar-refractivity contribution in [1.82, 2.24) is 10.2 Å². The summed E-state index contributed by atoms with van der Waals surface area (Å²) in [4.78, 5) is 26.0. The average molecular weight is 691 g/mol. The Morgan fingerprint density at radius 2 is 1.58 bits per heavy atom. The molecule has 10 heteroatoms. The number of nitrogens with one attached hydrogen (secondary N) is 1. The van der Waals surface area contributed by atoms with E-state index < -0.39 is 5.60 Å². The van der Waals surface area contributed by atoms with Gasteiger partial charge in [0.05, 0.1) is 52.7 Å². The monoisotopic (exact) mass is 690 g/mol. The van der Waals surface area contributed by atoms with Gasteiger partial charge in [-0.05, 0) is 82.5 Å². The third-order valence-corrected chi connectivity index (χ3v) is 8.26. The first-order chi connectivity index (χ1) is 24.1. The van der Waals surface area contributed by atoms with E-state index in [0.29, 0.717) is 59.2 Å². The van der Waals surface area contributed by atoms with Crippen LogP contribution in [0.5, 0.6) is 17.2 Å². The molecule has 1 amide bonds. The van der Waals surface area contributed by atoms with Crippen LogP contribution in [0.3, 0.4) is 0 Å². The minimum Gasteiger partial charge on any atom is -0.496 e. The predicted molar refractivity (Wildman–Crippen MR) is 193 cm³/mol. The van der Waals surface area contributed by atoms with Gasteiger partial charge in [0.25, 0.3) is 0 Å². The number of rotatable bonds is 19. The Hall–Kier alpha value is -4.12. The number of hydrogen-bond acceptors (Lipinski definition) is 9. The molecule has 0 aliphatic carbocycles. The van der Waals surface area contributed by atoms with Crippen molar-refractivity contribution in [2.24, 2.45) is 0 Å². The Morgan fingerprint density at radius 1 is 0.860 bits per heavy atom. The number of carbonyl (C=O) groups is 2. The van der Waals surface area contributed by atoms with Crippen LogP contribution in [0, 0.1) is 0 Å². The second kappa shape index (κ2) is 19.9. The molecular weight excluding hydrogens is 636 g/mol. The fourth-order valence-corrected chi connectivity index (χ4v) is 5.82. The lowest BCUT2D eigenvalue weighted by atomic mass is 9.87. The van der Waals surface area contributed by atoms with Crippen LogP contribution in [0.2, 0.25) is 0 Å². The number of hydrogen-bond donors (Lipinski definition) is 1. The van der Waals surface area contributed by atoms with E-state index in [9.17, 15) is 9.59 Å². The van der Waals surface area contributed by atoms with E-state index in [4.69, 9.17) is 28.4 Å². The molecule has 272 valence electrons. The molecule has 2 unspecified atom stereocenters. The lowest BCUT2D eigenvalue weighted by Gasteiger charge is -2.39. The molecule has 1 heterocycles. The molecule has 0 spiro atoms. The van der Waals surface area contributed by atoms with E-state index in [0.717, 1.165) is 53.2 Å². The zero-order valence-corrected chi connectivity index (χ0v) is 30.3. The molecule has 50 heavy (non-hydrogen) atoms. The van der Waals surface area contributed by atoms with Crippen LogP contribution < -0.4 is 19.5 Å². The van der Waals surface area contributed by atoms with Crippen LogP contribution in [-0.4, -0.2) is 88.2 Å². The van der Waals surface area contributed by atoms with Gasteiger partial charge in [0.1, 0.15) is 35.2 Å². The topological polar surface area (TPSA) is 105 Å². The van der Waals surface area contributed by atoms with Crippen molar-refractivity contribution in [2.75, 3.05) is 59.7 Å². The number of para-hydroxylation sites is 2. The molecule has 3 aromatic carbocycles. The van der Waals surface area contributed by atoms with E-state index in [1.807, 2.05) is 81.4 Å². The highest BCUT2D eigenvalue weighted by Crippen LogP contribution is 2.32.